The molecule has 2 amide bonds. The van der Waals surface area contributed by atoms with E-state index >= 15 is 0 Å². The second-order valence-corrected chi connectivity index (χ2v) is 11.4. The van der Waals surface area contributed by atoms with Crippen LogP contribution in [0.2, 0.25) is 0 Å². The first-order valence-electron chi connectivity index (χ1n) is 13.6. The Labute approximate surface area is 243 Å². The Morgan fingerprint density at radius 1 is 1.07 bits per heavy atom. The summed E-state index contributed by atoms with van der Waals surface area (Å²) < 4.78 is 46.0. The number of halogens is 3. The third-order valence-electron chi connectivity index (χ3n) is 7.80. The highest BCUT2D eigenvalue weighted by atomic mass is 32.1. The van der Waals surface area contributed by atoms with E-state index in [2.05, 4.69) is 4.90 Å². The highest BCUT2D eigenvalue weighted by molar-refractivity contribution is 7.80. The number of benzene rings is 1. The lowest BCUT2D eigenvalue weighted by Crippen LogP contribution is -2.48. The maximum Gasteiger partial charge on any atom is 0.417 e. The first-order chi connectivity index (χ1) is 19.3. The summed E-state index contributed by atoms with van der Waals surface area (Å²) in [4.78, 5) is 33.2. The van der Waals surface area contributed by atoms with Crippen LogP contribution in [-0.2, 0) is 11.0 Å². The van der Waals surface area contributed by atoms with Crippen molar-refractivity contribution in [2.45, 2.75) is 58.7 Å². The molecule has 2 fully saturated rings. The van der Waals surface area contributed by atoms with Crippen LogP contribution in [0, 0.1) is 25.2 Å². The molecule has 12 heteroatoms. The minimum atomic E-state index is -4.74. The molecule has 0 bridgehead atoms. The van der Waals surface area contributed by atoms with Gasteiger partial charge in [-0.05, 0) is 83.6 Å². The zero-order valence-electron chi connectivity index (χ0n) is 23.7. The van der Waals surface area contributed by atoms with E-state index in [-0.39, 0.29) is 16.7 Å². The molecule has 0 spiro atoms. The van der Waals surface area contributed by atoms with Gasteiger partial charge in [-0.3, -0.25) is 19.4 Å². The number of aryl methyl sites for hydroxylation is 2. The number of thiocarbonyl (C=S) groups is 1. The van der Waals surface area contributed by atoms with Gasteiger partial charge in [-0.25, -0.2) is 0 Å². The predicted octanol–water partition coefficient (Wildman–Crippen LogP) is 5.13. The molecule has 2 aliphatic heterocycles. The fourth-order valence-corrected chi connectivity index (χ4v) is 5.92. The third-order valence-corrected chi connectivity index (χ3v) is 8.20. The molecule has 4 rings (SSSR count). The Morgan fingerprint density at radius 3 is 2.32 bits per heavy atom. The number of hydrogen-bond donors (Lipinski definition) is 0. The molecule has 0 N–H and O–H groups in total. The van der Waals surface area contributed by atoms with E-state index in [4.69, 9.17) is 21.9 Å². The maximum atomic E-state index is 13.5. The average Bonchev–Trinajstić information content (AvgIpc) is 3.34. The quantitative estimate of drug-likeness (QED) is 0.312. The van der Waals surface area contributed by atoms with Gasteiger partial charge in [0.05, 0.1) is 28.4 Å². The Bertz CT molecular complexity index is 1370. The van der Waals surface area contributed by atoms with E-state index in [9.17, 15) is 22.8 Å². The average molecular weight is 590 g/mol. The molecule has 0 radical (unpaired) electrons. The van der Waals surface area contributed by atoms with Gasteiger partial charge in [0.1, 0.15) is 17.1 Å². The summed E-state index contributed by atoms with van der Waals surface area (Å²) >= 11 is 5.56. The molecule has 2 saturated heterocycles. The van der Waals surface area contributed by atoms with Crippen molar-refractivity contribution in [2.75, 3.05) is 44.2 Å². The zero-order chi connectivity index (χ0) is 30.1. The van der Waals surface area contributed by atoms with Crippen LogP contribution >= 0.6 is 12.2 Å². The van der Waals surface area contributed by atoms with Crippen LogP contribution in [0.15, 0.2) is 28.7 Å². The Hall–Kier alpha value is -3.43. The van der Waals surface area contributed by atoms with Crippen molar-refractivity contribution in [3.05, 3.63) is 52.5 Å². The first-order valence-corrected chi connectivity index (χ1v) is 14.0. The number of piperazine rings is 1. The summed E-state index contributed by atoms with van der Waals surface area (Å²) in [6.07, 6.45) is -2.17. The van der Waals surface area contributed by atoms with Gasteiger partial charge in [0.25, 0.3) is 11.8 Å². The van der Waals surface area contributed by atoms with E-state index in [0.717, 1.165) is 61.7 Å². The molecule has 1 aromatic heterocycles. The lowest BCUT2D eigenvalue weighted by molar-refractivity contribution is -0.137. The number of alkyl halides is 3. The SMILES string of the molecule is Cc1cc(C(=O)N2CCN(CCCCCN3C(=S)N(c4ccc(C#N)c(C(F)(F)F)c4)C(=O)C3(C)C)CC2)c(C)o1. The number of nitrogens with zero attached hydrogens (tertiary/aromatic N) is 5. The molecule has 3 heterocycles. The maximum absolute atomic E-state index is 13.5. The number of hydrogen-bond acceptors (Lipinski definition) is 6. The molecular weight excluding hydrogens is 555 g/mol. The predicted molar refractivity (Wildman–Crippen MR) is 151 cm³/mol. The normalized spacial score (nSPS) is 17.9. The number of amides is 2. The number of nitriles is 1. The standard InChI is InChI=1S/C29H34F3N5O3S/c1-19-16-23(20(2)40-19)25(38)35-14-12-34(13-15-35)10-6-5-7-11-36-27(41)37(26(39)28(36,3)4)22-9-8-21(18-33)24(17-22)29(30,31)32/h8-9,16-17H,5-7,10-15H2,1-4H3. The van der Waals surface area contributed by atoms with Gasteiger partial charge in [-0.2, -0.15) is 18.4 Å². The van der Waals surface area contributed by atoms with Crippen LogP contribution in [0.25, 0.3) is 0 Å². The smallest absolute Gasteiger partial charge is 0.417 e. The zero-order valence-corrected chi connectivity index (χ0v) is 24.5. The minimum Gasteiger partial charge on any atom is -0.466 e. The second-order valence-electron chi connectivity index (χ2n) is 11.0. The first kappa shape index (κ1) is 30.5. The second kappa shape index (κ2) is 11.8. The number of carbonyl (C=O) groups excluding carboxylic acids is 2. The van der Waals surface area contributed by atoms with Crippen LogP contribution in [0.4, 0.5) is 18.9 Å². The lowest BCUT2D eigenvalue weighted by atomic mass is 10.0. The number of carbonyl (C=O) groups is 2. The topological polar surface area (TPSA) is 84.0 Å². The van der Waals surface area contributed by atoms with Crippen LogP contribution in [0.3, 0.4) is 0 Å². The molecule has 2 aromatic rings. The number of anilines is 1. The van der Waals surface area contributed by atoms with Crippen molar-refractivity contribution in [1.29, 1.82) is 5.26 Å². The highest BCUT2D eigenvalue weighted by Crippen LogP contribution is 2.38. The van der Waals surface area contributed by atoms with Gasteiger partial charge in [0.2, 0.25) is 0 Å². The Morgan fingerprint density at radius 2 is 1.73 bits per heavy atom. The van der Waals surface area contributed by atoms with E-state index in [1.807, 2.05) is 11.8 Å². The molecule has 220 valence electrons. The molecule has 0 saturated carbocycles. The van der Waals surface area contributed by atoms with Crippen LogP contribution in [0.5, 0.6) is 0 Å². The monoisotopic (exact) mass is 589 g/mol. The van der Waals surface area contributed by atoms with Gasteiger partial charge >= 0.3 is 6.18 Å². The van der Waals surface area contributed by atoms with Crippen molar-refractivity contribution in [3.8, 4) is 6.07 Å². The summed E-state index contributed by atoms with van der Waals surface area (Å²) in [5.74, 6) is 0.962. The van der Waals surface area contributed by atoms with E-state index in [1.54, 1.807) is 37.8 Å². The molecule has 2 aliphatic rings. The summed E-state index contributed by atoms with van der Waals surface area (Å²) in [7, 11) is 0. The summed E-state index contributed by atoms with van der Waals surface area (Å²) in [5, 5.41) is 9.25. The summed E-state index contributed by atoms with van der Waals surface area (Å²) in [5.41, 5.74) is -2.00. The van der Waals surface area contributed by atoms with Gasteiger partial charge < -0.3 is 14.2 Å². The van der Waals surface area contributed by atoms with Crippen molar-refractivity contribution >= 4 is 34.8 Å². The van der Waals surface area contributed by atoms with E-state index < -0.39 is 28.7 Å². The van der Waals surface area contributed by atoms with Gasteiger partial charge in [-0.15, -0.1) is 0 Å². The van der Waals surface area contributed by atoms with Crippen molar-refractivity contribution in [2.24, 2.45) is 0 Å². The van der Waals surface area contributed by atoms with Crippen molar-refractivity contribution < 1.29 is 27.2 Å². The van der Waals surface area contributed by atoms with E-state index in [1.165, 1.54) is 6.07 Å². The molecule has 0 unspecified atom stereocenters. The number of furan rings is 1. The van der Waals surface area contributed by atoms with Crippen LogP contribution in [-0.4, -0.2) is 76.4 Å². The van der Waals surface area contributed by atoms with Gasteiger partial charge in [0.15, 0.2) is 5.11 Å². The molecule has 41 heavy (non-hydrogen) atoms. The van der Waals surface area contributed by atoms with Crippen molar-refractivity contribution in [1.82, 2.24) is 14.7 Å². The van der Waals surface area contributed by atoms with Crippen LogP contribution in [0.1, 0.15) is 66.1 Å². The van der Waals surface area contributed by atoms with Crippen LogP contribution < -0.4 is 4.90 Å². The Balaban J connectivity index is 1.27. The molecule has 0 atom stereocenters. The van der Waals surface area contributed by atoms with E-state index in [0.29, 0.717) is 31.0 Å². The summed E-state index contributed by atoms with van der Waals surface area (Å²) in [6, 6.07) is 6.55. The van der Waals surface area contributed by atoms with Gasteiger partial charge in [-0.1, -0.05) is 6.42 Å². The molecule has 8 nitrogen and oxygen atoms in total. The molecule has 0 aliphatic carbocycles. The highest BCUT2D eigenvalue weighted by Gasteiger charge is 2.49. The Kier molecular flexibility index (Phi) is 8.80. The number of rotatable bonds is 8. The fraction of sp³-hybridized carbons (Fsp3) is 0.517. The third kappa shape index (κ3) is 6.26. The molecular formula is C29H34F3N5O3S. The number of unbranched alkanes of at least 4 members (excludes halogenated alkanes) is 2. The molecule has 1 aromatic carbocycles. The summed E-state index contributed by atoms with van der Waals surface area (Å²) in [6.45, 7) is 11.3. The fourth-order valence-electron chi connectivity index (χ4n) is 5.41. The van der Waals surface area contributed by atoms with Gasteiger partial charge in [0, 0.05) is 32.7 Å². The minimum absolute atomic E-state index is 0.00223. The largest absolute Gasteiger partial charge is 0.466 e. The van der Waals surface area contributed by atoms with Crippen molar-refractivity contribution in [3.63, 3.8) is 0 Å². The lowest BCUT2D eigenvalue weighted by Gasteiger charge is -2.34.